The van der Waals surface area contributed by atoms with Gasteiger partial charge >= 0.3 is 0 Å². The summed E-state index contributed by atoms with van der Waals surface area (Å²) >= 11 is 9.01. The van der Waals surface area contributed by atoms with Gasteiger partial charge in [0.25, 0.3) is 0 Å². The SMILES string of the molecule is Cl.NCCNS(=O)(=O)c1ccc(Br)cc1Cl. The average molecular weight is 350 g/mol. The molecule has 0 aromatic heterocycles. The molecule has 0 fully saturated rings. The molecular weight excluding hydrogens is 339 g/mol. The Hall–Kier alpha value is 0.150. The summed E-state index contributed by atoms with van der Waals surface area (Å²) in [5.74, 6) is 0. The van der Waals surface area contributed by atoms with Crippen LogP contribution in [0.2, 0.25) is 5.02 Å². The summed E-state index contributed by atoms with van der Waals surface area (Å²) in [6.45, 7) is 0.433. The number of hydrogen-bond donors (Lipinski definition) is 2. The van der Waals surface area contributed by atoms with Crippen molar-refractivity contribution in [2.75, 3.05) is 13.1 Å². The molecule has 0 radical (unpaired) electrons. The summed E-state index contributed by atoms with van der Waals surface area (Å²) in [4.78, 5) is 0.0563. The van der Waals surface area contributed by atoms with Crippen LogP contribution in [0.4, 0.5) is 0 Å². The van der Waals surface area contributed by atoms with E-state index < -0.39 is 10.0 Å². The van der Waals surface area contributed by atoms with Crippen molar-refractivity contribution in [2.45, 2.75) is 4.90 Å². The predicted octanol–water partition coefficient (Wildman–Crippen LogP) is 1.76. The van der Waals surface area contributed by atoms with Crippen LogP contribution in [0.5, 0.6) is 0 Å². The van der Waals surface area contributed by atoms with Crippen LogP contribution in [0.15, 0.2) is 27.6 Å². The molecule has 0 aliphatic carbocycles. The van der Waals surface area contributed by atoms with Crippen LogP contribution in [-0.4, -0.2) is 21.5 Å². The van der Waals surface area contributed by atoms with Gasteiger partial charge in [0, 0.05) is 17.6 Å². The summed E-state index contributed by atoms with van der Waals surface area (Å²) in [5, 5.41) is 0.175. The molecule has 0 saturated carbocycles. The van der Waals surface area contributed by atoms with E-state index in [1.54, 1.807) is 6.07 Å². The molecule has 1 aromatic rings. The van der Waals surface area contributed by atoms with Gasteiger partial charge < -0.3 is 5.73 Å². The topological polar surface area (TPSA) is 72.2 Å². The summed E-state index contributed by atoms with van der Waals surface area (Å²) < 4.78 is 26.4. The summed E-state index contributed by atoms with van der Waals surface area (Å²) in [5.41, 5.74) is 5.21. The van der Waals surface area contributed by atoms with Crippen molar-refractivity contribution in [3.8, 4) is 0 Å². The molecule has 16 heavy (non-hydrogen) atoms. The third kappa shape index (κ3) is 4.20. The Morgan fingerprint density at radius 1 is 1.44 bits per heavy atom. The molecule has 0 amide bonds. The highest BCUT2D eigenvalue weighted by Crippen LogP contribution is 2.24. The van der Waals surface area contributed by atoms with Crippen molar-refractivity contribution in [1.29, 1.82) is 0 Å². The number of rotatable bonds is 4. The quantitative estimate of drug-likeness (QED) is 0.869. The van der Waals surface area contributed by atoms with Crippen molar-refractivity contribution in [2.24, 2.45) is 5.73 Å². The van der Waals surface area contributed by atoms with Crippen LogP contribution < -0.4 is 10.5 Å². The lowest BCUT2D eigenvalue weighted by Crippen LogP contribution is -2.29. The first-order valence-corrected chi connectivity index (χ1v) is 6.77. The van der Waals surface area contributed by atoms with Gasteiger partial charge in [-0.3, -0.25) is 0 Å². The maximum Gasteiger partial charge on any atom is 0.242 e. The molecule has 3 N–H and O–H groups in total. The Balaban J connectivity index is 0.00000225. The molecule has 0 atom stereocenters. The molecule has 0 aliphatic rings. The fraction of sp³-hybridized carbons (Fsp3) is 0.250. The minimum atomic E-state index is -3.55. The molecule has 0 aliphatic heterocycles. The molecule has 4 nitrogen and oxygen atoms in total. The highest BCUT2D eigenvalue weighted by atomic mass is 79.9. The van der Waals surface area contributed by atoms with E-state index in [1.807, 2.05) is 0 Å². The fourth-order valence-electron chi connectivity index (χ4n) is 0.964. The minimum Gasteiger partial charge on any atom is -0.329 e. The van der Waals surface area contributed by atoms with Gasteiger partial charge in [-0.25, -0.2) is 13.1 Å². The largest absolute Gasteiger partial charge is 0.329 e. The molecular formula is C8H11BrCl2N2O2S. The van der Waals surface area contributed by atoms with Crippen molar-refractivity contribution >= 4 is 50.0 Å². The van der Waals surface area contributed by atoms with Gasteiger partial charge in [0.05, 0.1) is 5.02 Å². The normalized spacial score (nSPS) is 10.9. The first-order valence-electron chi connectivity index (χ1n) is 4.12. The lowest BCUT2D eigenvalue weighted by atomic mass is 10.4. The Morgan fingerprint density at radius 2 is 2.06 bits per heavy atom. The molecule has 0 bridgehead atoms. The van der Waals surface area contributed by atoms with E-state index >= 15 is 0 Å². The maximum absolute atomic E-state index is 11.7. The molecule has 0 heterocycles. The zero-order chi connectivity index (χ0) is 11.5. The Labute approximate surface area is 114 Å². The monoisotopic (exact) mass is 348 g/mol. The van der Waals surface area contributed by atoms with Crippen LogP contribution in [0, 0.1) is 0 Å². The van der Waals surface area contributed by atoms with Gasteiger partial charge in [0.2, 0.25) is 10.0 Å². The molecule has 0 spiro atoms. The van der Waals surface area contributed by atoms with Crippen molar-refractivity contribution in [1.82, 2.24) is 4.72 Å². The number of nitrogens with one attached hydrogen (secondary N) is 1. The average Bonchev–Trinajstić information content (AvgIpc) is 2.14. The van der Waals surface area contributed by atoms with Crippen LogP contribution in [0.25, 0.3) is 0 Å². The minimum absolute atomic E-state index is 0. The third-order valence-electron chi connectivity index (χ3n) is 1.62. The zero-order valence-corrected chi connectivity index (χ0v) is 12.1. The van der Waals surface area contributed by atoms with Gasteiger partial charge in [0.1, 0.15) is 4.90 Å². The highest BCUT2D eigenvalue weighted by Gasteiger charge is 2.16. The van der Waals surface area contributed by atoms with Crippen LogP contribution in [0.1, 0.15) is 0 Å². The lowest BCUT2D eigenvalue weighted by molar-refractivity contribution is 0.582. The van der Waals surface area contributed by atoms with E-state index in [2.05, 4.69) is 20.7 Å². The molecule has 1 aromatic carbocycles. The van der Waals surface area contributed by atoms with Gasteiger partial charge in [-0.1, -0.05) is 27.5 Å². The fourth-order valence-corrected chi connectivity index (χ4v) is 3.05. The van der Waals surface area contributed by atoms with Gasteiger partial charge in [-0.05, 0) is 18.2 Å². The first-order chi connectivity index (χ1) is 6.97. The van der Waals surface area contributed by atoms with E-state index in [0.29, 0.717) is 0 Å². The second-order valence-electron chi connectivity index (χ2n) is 2.76. The summed E-state index contributed by atoms with van der Waals surface area (Å²) in [6, 6.07) is 4.58. The van der Waals surface area contributed by atoms with Gasteiger partial charge in [-0.15, -0.1) is 12.4 Å². The second-order valence-corrected chi connectivity index (χ2v) is 5.82. The van der Waals surface area contributed by atoms with E-state index in [9.17, 15) is 8.42 Å². The van der Waals surface area contributed by atoms with Gasteiger partial charge in [0.15, 0.2) is 0 Å². The number of halogens is 3. The van der Waals surface area contributed by atoms with Gasteiger partial charge in [-0.2, -0.15) is 0 Å². The molecule has 8 heteroatoms. The van der Waals surface area contributed by atoms with Crippen LogP contribution in [0.3, 0.4) is 0 Å². The summed E-state index contributed by atoms with van der Waals surface area (Å²) in [6.07, 6.45) is 0. The smallest absolute Gasteiger partial charge is 0.242 e. The molecule has 0 unspecified atom stereocenters. The number of hydrogen-bond acceptors (Lipinski definition) is 3. The van der Waals surface area contributed by atoms with E-state index in [0.717, 1.165) is 4.47 Å². The number of nitrogens with two attached hydrogens (primary N) is 1. The zero-order valence-electron chi connectivity index (χ0n) is 8.11. The van der Waals surface area contributed by atoms with Crippen LogP contribution in [-0.2, 0) is 10.0 Å². The Bertz CT molecular complexity index is 453. The number of sulfonamides is 1. The number of benzene rings is 1. The van der Waals surface area contributed by atoms with Crippen molar-refractivity contribution in [3.63, 3.8) is 0 Å². The molecule has 0 saturated heterocycles. The predicted molar refractivity (Wildman–Crippen MR) is 70.6 cm³/mol. The summed E-state index contributed by atoms with van der Waals surface area (Å²) in [7, 11) is -3.55. The standard InChI is InChI=1S/C8H10BrClN2O2S.ClH/c9-6-1-2-8(7(10)5-6)15(13,14)12-4-3-11;/h1-2,5,12H,3-4,11H2;1H. The van der Waals surface area contributed by atoms with E-state index in [4.69, 9.17) is 17.3 Å². The van der Waals surface area contributed by atoms with Crippen LogP contribution >= 0.6 is 39.9 Å². The second kappa shape index (κ2) is 6.78. The molecule has 1 rings (SSSR count). The Kier molecular flexibility index (Phi) is 6.84. The highest BCUT2D eigenvalue weighted by molar-refractivity contribution is 9.10. The molecule has 92 valence electrons. The third-order valence-corrected chi connectivity index (χ3v) is 4.06. The van der Waals surface area contributed by atoms with Crippen molar-refractivity contribution < 1.29 is 8.42 Å². The van der Waals surface area contributed by atoms with E-state index in [1.165, 1.54) is 12.1 Å². The lowest BCUT2D eigenvalue weighted by Gasteiger charge is -2.07. The maximum atomic E-state index is 11.7. The van der Waals surface area contributed by atoms with E-state index in [-0.39, 0.29) is 35.4 Å². The first kappa shape index (κ1) is 16.1. The Morgan fingerprint density at radius 3 is 2.56 bits per heavy atom. The van der Waals surface area contributed by atoms with Crippen molar-refractivity contribution in [3.05, 3.63) is 27.7 Å².